The van der Waals surface area contributed by atoms with Crippen LogP contribution in [0.2, 0.25) is 0 Å². The lowest BCUT2D eigenvalue weighted by atomic mass is 10.1. The molecule has 2 heterocycles. The molecule has 0 atom stereocenters. The molecule has 0 aliphatic rings. The van der Waals surface area contributed by atoms with Crippen molar-refractivity contribution in [2.75, 3.05) is 0 Å². The minimum Gasteiger partial charge on any atom is -0.508 e. The molecule has 2 aromatic carbocycles. The van der Waals surface area contributed by atoms with Crippen LogP contribution >= 0.6 is 0 Å². The van der Waals surface area contributed by atoms with Crippen LogP contribution < -0.4 is 0 Å². The number of hydrogen-bond donors (Lipinski definition) is 2. The number of fused-ring (bicyclic) bond motifs is 1. The van der Waals surface area contributed by atoms with Gasteiger partial charge in [0.05, 0.1) is 5.69 Å². The van der Waals surface area contributed by atoms with Gasteiger partial charge >= 0.3 is 0 Å². The molecule has 0 radical (unpaired) electrons. The van der Waals surface area contributed by atoms with Crippen LogP contribution in [0.15, 0.2) is 77.1 Å². The van der Waals surface area contributed by atoms with Crippen LogP contribution in [0.3, 0.4) is 0 Å². The maximum atomic E-state index is 10.2. The minimum atomic E-state index is 0.0720. The van der Waals surface area contributed by atoms with Crippen molar-refractivity contribution in [3.05, 3.63) is 72.4 Å². The number of phenolic OH excluding ortho intramolecular Hbond substituents is 1. The summed E-state index contributed by atoms with van der Waals surface area (Å²) < 4.78 is 1.70. The Bertz CT molecular complexity index is 1130. The first-order valence-corrected chi connectivity index (χ1v) is 8.66. The molecule has 6 heteroatoms. The maximum Gasteiger partial charge on any atom is 0.187 e. The lowest BCUT2D eigenvalue weighted by Gasteiger charge is -2.02. The predicted octanol–water partition coefficient (Wildman–Crippen LogP) is 5.39. The standard InChI is InChI=1S/C21H18N4O2/c1-2-14-8-10-15(11-9-14)19-21(24-23-16-5-3-6-17(26)13-16)25-12-4-7-18(27)20(25)22-19/h3-13,26-27H,2H2,1H3. The second-order valence-electron chi connectivity index (χ2n) is 6.14. The van der Waals surface area contributed by atoms with E-state index < -0.39 is 0 Å². The molecule has 0 amide bonds. The van der Waals surface area contributed by atoms with E-state index in [2.05, 4.69) is 34.3 Å². The van der Waals surface area contributed by atoms with Crippen molar-refractivity contribution < 1.29 is 10.2 Å². The van der Waals surface area contributed by atoms with Gasteiger partial charge in [-0.05, 0) is 36.2 Å². The van der Waals surface area contributed by atoms with Gasteiger partial charge in [0, 0.05) is 17.8 Å². The molecule has 0 spiro atoms. The molecule has 134 valence electrons. The third kappa shape index (κ3) is 3.25. The van der Waals surface area contributed by atoms with Gasteiger partial charge in [-0.3, -0.25) is 4.40 Å². The van der Waals surface area contributed by atoms with E-state index in [0.29, 0.717) is 22.8 Å². The van der Waals surface area contributed by atoms with Crippen molar-refractivity contribution in [2.45, 2.75) is 13.3 Å². The largest absolute Gasteiger partial charge is 0.508 e. The Morgan fingerprint density at radius 1 is 0.963 bits per heavy atom. The Kier molecular flexibility index (Phi) is 4.30. The summed E-state index contributed by atoms with van der Waals surface area (Å²) in [5, 5.41) is 28.4. The molecule has 0 saturated carbocycles. The van der Waals surface area contributed by atoms with Crippen molar-refractivity contribution in [1.82, 2.24) is 9.38 Å². The van der Waals surface area contributed by atoms with Crippen molar-refractivity contribution in [2.24, 2.45) is 10.2 Å². The third-order valence-corrected chi connectivity index (χ3v) is 4.33. The van der Waals surface area contributed by atoms with Crippen molar-refractivity contribution in [3.8, 4) is 22.8 Å². The molecule has 4 rings (SSSR count). The molecule has 0 unspecified atom stereocenters. The van der Waals surface area contributed by atoms with E-state index in [1.54, 1.807) is 40.9 Å². The van der Waals surface area contributed by atoms with Crippen LogP contribution in [-0.2, 0) is 6.42 Å². The van der Waals surface area contributed by atoms with Gasteiger partial charge < -0.3 is 10.2 Å². The van der Waals surface area contributed by atoms with Gasteiger partial charge in [0.1, 0.15) is 11.4 Å². The Morgan fingerprint density at radius 2 is 1.78 bits per heavy atom. The minimum absolute atomic E-state index is 0.0720. The summed E-state index contributed by atoms with van der Waals surface area (Å²) >= 11 is 0. The Hall–Kier alpha value is -3.67. The number of aromatic nitrogens is 2. The normalized spacial score (nSPS) is 11.4. The summed E-state index contributed by atoms with van der Waals surface area (Å²) in [6.07, 6.45) is 2.74. The van der Waals surface area contributed by atoms with Gasteiger partial charge in [0.25, 0.3) is 0 Å². The summed E-state index contributed by atoms with van der Waals surface area (Å²) in [6.45, 7) is 2.10. The number of imidazole rings is 1. The first-order chi connectivity index (χ1) is 13.2. The Morgan fingerprint density at radius 3 is 2.52 bits per heavy atom. The monoisotopic (exact) mass is 358 g/mol. The molecule has 27 heavy (non-hydrogen) atoms. The Labute approximate surface area is 156 Å². The zero-order valence-electron chi connectivity index (χ0n) is 14.7. The highest BCUT2D eigenvalue weighted by atomic mass is 16.3. The van der Waals surface area contributed by atoms with Crippen LogP contribution in [0.4, 0.5) is 11.5 Å². The summed E-state index contributed by atoms with van der Waals surface area (Å²) in [5.74, 6) is 0.703. The fraction of sp³-hybridized carbons (Fsp3) is 0.0952. The molecule has 4 aromatic rings. The van der Waals surface area contributed by atoms with Gasteiger partial charge in [-0.25, -0.2) is 4.98 Å². The SMILES string of the molecule is CCc1ccc(-c2nc3c(O)cccn3c2N=Nc2cccc(O)c2)cc1. The second kappa shape index (κ2) is 6.92. The summed E-state index contributed by atoms with van der Waals surface area (Å²) in [6, 6.07) is 17.9. The quantitative estimate of drug-likeness (QED) is 0.480. The number of benzene rings is 2. The number of azo groups is 1. The summed E-state index contributed by atoms with van der Waals surface area (Å²) in [7, 11) is 0. The van der Waals surface area contributed by atoms with Gasteiger partial charge in [-0.2, -0.15) is 0 Å². The van der Waals surface area contributed by atoms with E-state index in [-0.39, 0.29) is 11.5 Å². The number of hydrogen-bond acceptors (Lipinski definition) is 5. The first kappa shape index (κ1) is 16.8. The second-order valence-corrected chi connectivity index (χ2v) is 6.14. The van der Waals surface area contributed by atoms with Crippen LogP contribution in [0.1, 0.15) is 12.5 Å². The van der Waals surface area contributed by atoms with Crippen LogP contribution in [0.25, 0.3) is 16.9 Å². The highest BCUT2D eigenvalue weighted by molar-refractivity contribution is 5.76. The number of rotatable bonds is 4. The van der Waals surface area contributed by atoms with Gasteiger partial charge in [-0.15, -0.1) is 10.2 Å². The fourth-order valence-electron chi connectivity index (χ4n) is 2.89. The van der Waals surface area contributed by atoms with Crippen LogP contribution in [0.5, 0.6) is 11.5 Å². The molecular formula is C21H18N4O2. The molecule has 0 aliphatic heterocycles. The zero-order chi connectivity index (χ0) is 18.8. The van der Waals surface area contributed by atoms with Gasteiger partial charge in [0.2, 0.25) is 0 Å². The molecule has 0 aliphatic carbocycles. The maximum absolute atomic E-state index is 10.2. The van der Waals surface area contributed by atoms with Crippen molar-refractivity contribution in [1.29, 1.82) is 0 Å². The Balaban J connectivity index is 1.87. The first-order valence-electron chi connectivity index (χ1n) is 8.66. The highest BCUT2D eigenvalue weighted by Crippen LogP contribution is 2.35. The molecule has 0 saturated heterocycles. The van der Waals surface area contributed by atoms with Gasteiger partial charge in [-0.1, -0.05) is 37.3 Å². The topological polar surface area (TPSA) is 82.5 Å². The number of aryl methyl sites for hydroxylation is 1. The molecule has 0 fully saturated rings. The summed E-state index contributed by atoms with van der Waals surface area (Å²) in [4.78, 5) is 4.58. The number of nitrogens with zero attached hydrogens (tertiary/aromatic N) is 4. The van der Waals surface area contributed by atoms with E-state index in [0.717, 1.165) is 12.0 Å². The molecule has 0 bridgehead atoms. The molecular weight excluding hydrogens is 340 g/mol. The van der Waals surface area contributed by atoms with E-state index in [4.69, 9.17) is 0 Å². The van der Waals surface area contributed by atoms with E-state index >= 15 is 0 Å². The smallest absolute Gasteiger partial charge is 0.187 e. The molecule has 2 N–H and O–H groups in total. The van der Waals surface area contributed by atoms with Crippen molar-refractivity contribution in [3.63, 3.8) is 0 Å². The molecule has 2 aromatic heterocycles. The lowest BCUT2D eigenvalue weighted by molar-refractivity contribution is 0.475. The highest BCUT2D eigenvalue weighted by Gasteiger charge is 2.16. The van der Waals surface area contributed by atoms with Crippen LogP contribution in [0, 0.1) is 0 Å². The summed E-state index contributed by atoms with van der Waals surface area (Å²) in [5.41, 5.74) is 3.69. The van der Waals surface area contributed by atoms with E-state index in [1.165, 1.54) is 11.6 Å². The number of pyridine rings is 1. The lowest BCUT2D eigenvalue weighted by Crippen LogP contribution is -1.83. The number of aromatic hydroxyl groups is 2. The third-order valence-electron chi connectivity index (χ3n) is 4.33. The van der Waals surface area contributed by atoms with E-state index in [9.17, 15) is 10.2 Å². The molecule has 6 nitrogen and oxygen atoms in total. The van der Waals surface area contributed by atoms with E-state index in [1.807, 2.05) is 12.1 Å². The average molecular weight is 358 g/mol. The van der Waals surface area contributed by atoms with Crippen molar-refractivity contribution >= 4 is 17.2 Å². The average Bonchev–Trinajstić information content (AvgIpc) is 3.06. The number of phenols is 1. The fourth-order valence-corrected chi connectivity index (χ4v) is 2.89. The van der Waals surface area contributed by atoms with Gasteiger partial charge in [0.15, 0.2) is 17.2 Å². The zero-order valence-corrected chi connectivity index (χ0v) is 14.7. The van der Waals surface area contributed by atoms with Crippen LogP contribution in [-0.4, -0.2) is 19.6 Å². The predicted molar refractivity (Wildman–Crippen MR) is 104 cm³/mol.